The lowest BCUT2D eigenvalue weighted by molar-refractivity contribution is -0.113. The van der Waals surface area contributed by atoms with Crippen LogP contribution in [0.2, 0.25) is 0 Å². The highest BCUT2D eigenvalue weighted by atomic mass is 32.2. The zero-order chi connectivity index (χ0) is 22.0. The highest BCUT2D eigenvalue weighted by Crippen LogP contribution is 2.19. The third-order valence-corrected chi connectivity index (χ3v) is 5.72. The van der Waals surface area contributed by atoms with Gasteiger partial charge < -0.3 is 10.1 Å². The molecule has 9 heteroatoms. The van der Waals surface area contributed by atoms with Gasteiger partial charge in [0, 0.05) is 23.8 Å². The summed E-state index contributed by atoms with van der Waals surface area (Å²) in [6, 6.07) is 13.0. The number of carbonyl (C=O) groups is 1. The van der Waals surface area contributed by atoms with Crippen molar-refractivity contribution in [2.24, 2.45) is 0 Å². The minimum Gasteiger partial charge on any atom is -0.497 e. The molecule has 2 aromatic heterocycles. The van der Waals surface area contributed by atoms with Gasteiger partial charge in [-0.2, -0.15) is 0 Å². The highest BCUT2D eigenvalue weighted by Gasteiger charge is 2.14. The third kappa shape index (κ3) is 4.31. The Bertz CT molecular complexity index is 1310. The first kappa shape index (κ1) is 20.7. The van der Waals surface area contributed by atoms with Gasteiger partial charge in [0.05, 0.1) is 12.9 Å². The highest BCUT2D eigenvalue weighted by molar-refractivity contribution is 7.99. The van der Waals surface area contributed by atoms with E-state index in [4.69, 9.17) is 4.74 Å². The number of amides is 1. The van der Waals surface area contributed by atoms with E-state index < -0.39 is 0 Å². The van der Waals surface area contributed by atoms with Gasteiger partial charge in [-0.15, -0.1) is 10.2 Å². The second kappa shape index (κ2) is 8.65. The van der Waals surface area contributed by atoms with Crippen LogP contribution in [0.15, 0.2) is 64.8 Å². The molecule has 2 heterocycles. The number of aryl methyl sites for hydroxylation is 2. The summed E-state index contributed by atoms with van der Waals surface area (Å²) < 4.78 is 8.24. The second-order valence-electron chi connectivity index (χ2n) is 7.00. The number of anilines is 1. The average Bonchev–Trinajstić information content (AvgIpc) is 3.19. The van der Waals surface area contributed by atoms with Crippen molar-refractivity contribution in [2.45, 2.75) is 19.0 Å². The Morgan fingerprint density at radius 2 is 1.87 bits per heavy atom. The Kier molecular flexibility index (Phi) is 5.77. The molecule has 0 radical (unpaired) electrons. The maximum absolute atomic E-state index is 12.9. The lowest BCUT2D eigenvalue weighted by Gasteiger charge is -2.09. The fraction of sp³-hybridized carbons (Fsp3) is 0.182. The quantitative estimate of drug-likeness (QED) is 0.468. The van der Waals surface area contributed by atoms with Gasteiger partial charge in [-0.25, -0.2) is 0 Å². The van der Waals surface area contributed by atoms with Crippen LogP contribution >= 0.6 is 11.8 Å². The first-order valence-electron chi connectivity index (χ1n) is 9.57. The molecular formula is C22H21N5O3S. The van der Waals surface area contributed by atoms with Crippen LogP contribution in [0.5, 0.6) is 5.75 Å². The summed E-state index contributed by atoms with van der Waals surface area (Å²) in [5, 5.41) is 11.5. The van der Waals surface area contributed by atoms with Crippen molar-refractivity contribution in [1.29, 1.82) is 0 Å². The van der Waals surface area contributed by atoms with E-state index in [1.807, 2.05) is 32.0 Å². The van der Waals surface area contributed by atoms with E-state index in [1.54, 1.807) is 48.2 Å². The van der Waals surface area contributed by atoms with Crippen LogP contribution < -0.4 is 15.6 Å². The predicted molar refractivity (Wildman–Crippen MR) is 120 cm³/mol. The summed E-state index contributed by atoms with van der Waals surface area (Å²) in [6.07, 6.45) is 3.37. The lowest BCUT2D eigenvalue weighted by Crippen LogP contribution is -2.20. The Labute approximate surface area is 182 Å². The number of nitrogens with zero attached hydrogens (tertiary/aromatic N) is 4. The molecule has 0 bridgehead atoms. The number of hydrogen-bond donors (Lipinski definition) is 1. The smallest absolute Gasteiger partial charge is 0.300 e. The van der Waals surface area contributed by atoms with Crippen molar-refractivity contribution in [3.05, 3.63) is 76.3 Å². The number of nitrogens with one attached hydrogen (secondary N) is 1. The lowest BCUT2D eigenvalue weighted by atomic mass is 10.1. The molecular weight excluding hydrogens is 414 g/mol. The molecule has 4 aromatic rings. The zero-order valence-corrected chi connectivity index (χ0v) is 18.1. The Morgan fingerprint density at radius 3 is 2.58 bits per heavy atom. The number of benzene rings is 2. The molecule has 0 unspecified atom stereocenters. The zero-order valence-electron chi connectivity index (χ0n) is 17.3. The summed E-state index contributed by atoms with van der Waals surface area (Å²) >= 11 is 1.22. The summed E-state index contributed by atoms with van der Waals surface area (Å²) in [5.41, 5.74) is 3.51. The van der Waals surface area contributed by atoms with Crippen LogP contribution in [0.25, 0.3) is 11.3 Å². The van der Waals surface area contributed by atoms with Gasteiger partial charge in [0.1, 0.15) is 5.75 Å². The maximum Gasteiger partial charge on any atom is 0.300 e. The Hall–Kier alpha value is -3.59. The molecule has 0 saturated carbocycles. The van der Waals surface area contributed by atoms with E-state index in [-0.39, 0.29) is 22.9 Å². The number of hydrogen-bond acceptors (Lipinski definition) is 6. The van der Waals surface area contributed by atoms with E-state index in [2.05, 4.69) is 15.5 Å². The van der Waals surface area contributed by atoms with Crippen molar-refractivity contribution in [3.63, 3.8) is 0 Å². The topological polar surface area (TPSA) is 90.5 Å². The van der Waals surface area contributed by atoms with E-state index in [0.717, 1.165) is 16.8 Å². The van der Waals surface area contributed by atoms with Crippen molar-refractivity contribution >= 4 is 29.0 Å². The van der Waals surface area contributed by atoms with Gasteiger partial charge in [0.15, 0.2) is 5.16 Å². The summed E-state index contributed by atoms with van der Waals surface area (Å²) in [6.45, 7) is 3.96. The minimum atomic E-state index is -0.299. The minimum absolute atomic E-state index is 0.148. The van der Waals surface area contributed by atoms with Crippen LogP contribution in [0.1, 0.15) is 11.1 Å². The molecule has 4 rings (SSSR count). The number of fused-ring (bicyclic) bond motifs is 1. The summed E-state index contributed by atoms with van der Waals surface area (Å²) in [4.78, 5) is 25.2. The molecule has 0 saturated heterocycles. The average molecular weight is 436 g/mol. The summed E-state index contributed by atoms with van der Waals surface area (Å²) in [5.74, 6) is 0.703. The molecule has 31 heavy (non-hydrogen) atoms. The van der Waals surface area contributed by atoms with Gasteiger partial charge in [0.2, 0.25) is 11.6 Å². The molecule has 0 aliphatic heterocycles. The van der Waals surface area contributed by atoms with Gasteiger partial charge >= 0.3 is 5.56 Å². The van der Waals surface area contributed by atoms with E-state index in [9.17, 15) is 9.59 Å². The van der Waals surface area contributed by atoms with Gasteiger partial charge in [0.25, 0.3) is 0 Å². The van der Waals surface area contributed by atoms with Gasteiger partial charge in [-0.1, -0.05) is 29.5 Å². The maximum atomic E-state index is 12.9. The number of methoxy groups -OCH3 is 1. The van der Waals surface area contributed by atoms with Gasteiger partial charge in [-0.3, -0.25) is 18.6 Å². The molecule has 2 aromatic carbocycles. The molecule has 0 atom stereocenters. The van der Waals surface area contributed by atoms with E-state index in [0.29, 0.717) is 16.6 Å². The largest absolute Gasteiger partial charge is 0.497 e. The molecule has 158 valence electrons. The molecule has 0 aliphatic carbocycles. The van der Waals surface area contributed by atoms with Crippen molar-refractivity contribution < 1.29 is 9.53 Å². The first-order chi connectivity index (χ1) is 15.0. The standard InChI is InChI=1S/C22H21N5O3S/c1-14-4-9-18(15(2)12-14)23-19(28)13-31-22-25-24-20-21(29)26(10-11-27(20)22)16-5-7-17(30-3)8-6-16/h4-12H,13H2,1-3H3,(H,23,28). The molecule has 1 amide bonds. The van der Waals surface area contributed by atoms with Crippen LogP contribution in [-0.4, -0.2) is 37.9 Å². The molecule has 0 fully saturated rings. The SMILES string of the molecule is COc1ccc(-n2ccn3c(SCC(=O)Nc4ccc(C)cc4C)nnc3c2=O)cc1. The molecule has 1 N–H and O–H groups in total. The Morgan fingerprint density at radius 1 is 1.10 bits per heavy atom. The van der Waals surface area contributed by atoms with Crippen LogP contribution in [0.3, 0.4) is 0 Å². The number of thioether (sulfide) groups is 1. The van der Waals surface area contributed by atoms with Gasteiger partial charge in [-0.05, 0) is 49.7 Å². The number of carbonyl (C=O) groups excluding carboxylic acids is 1. The monoisotopic (exact) mass is 435 g/mol. The van der Waals surface area contributed by atoms with Crippen molar-refractivity contribution in [3.8, 4) is 11.4 Å². The first-order valence-corrected chi connectivity index (χ1v) is 10.6. The second-order valence-corrected chi connectivity index (χ2v) is 7.95. The number of ether oxygens (including phenoxy) is 1. The summed E-state index contributed by atoms with van der Waals surface area (Å²) in [7, 11) is 1.59. The van der Waals surface area contributed by atoms with Crippen molar-refractivity contribution in [1.82, 2.24) is 19.2 Å². The fourth-order valence-electron chi connectivity index (χ4n) is 3.18. The molecule has 0 spiro atoms. The third-order valence-electron chi connectivity index (χ3n) is 4.78. The van der Waals surface area contributed by atoms with Crippen LogP contribution in [-0.2, 0) is 4.79 Å². The van der Waals surface area contributed by atoms with E-state index >= 15 is 0 Å². The molecule has 8 nitrogen and oxygen atoms in total. The van der Waals surface area contributed by atoms with Crippen LogP contribution in [0, 0.1) is 13.8 Å². The van der Waals surface area contributed by atoms with E-state index in [1.165, 1.54) is 16.3 Å². The normalized spacial score (nSPS) is 10.9. The fourth-order valence-corrected chi connectivity index (χ4v) is 3.90. The number of aromatic nitrogens is 4. The molecule has 0 aliphatic rings. The Balaban J connectivity index is 1.50. The van der Waals surface area contributed by atoms with Crippen molar-refractivity contribution in [2.75, 3.05) is 18.2 Å². The predicted octanol–water partition coefficient (Wildman–Crippen LogP) is 3.24. The van der Waals surface area contributed by atoms with Crippen LogP contribution in [0.4, 0.5) is 5.69 Å². The number of rotatable bonds is 6.